The van der Waals surface area contributed by atoms with E-state index in [2.05, 4.69) is 11.8 Å². The van der Waals surface area contributed by atoms with Crippen LogP contribution in [0.25, 0.3) is 0 Å². The zero-order valence-corrected chi connectivity index (χ0v) is 11.4. The molecule has 2 nitrogen and oxygen atoms in total. The maximum Gasteiger partial charge on any atom is 0.151 e. The van der Waals surface area contributed by atoms with Crippen molar-refractivity contribution in [2.75, 3.05) is 23.7 Å². The number of thioether (sulfide) groups is 1. The third-order valence-electron chi connectivity index (χ3n) is 3.07. The number of aldehydes is 1. The van der Waals surface area contributed by atoms with Crippen LogP contribution in [-0.2, 0) is 0 Å². The second-order valence-electron chi connectivity index (χ2n) is 4.17. The first-order valence-corrected chi connectivity index (χ1v) is 7.28. The lowest BCUT2D eigenvalue weighted by atomic mass is 10.2. The summed E-state index contributed by atoms with van der Waals surface area (Å²) in [5.41, 5.74) is 1.69. The molecule has 0 radical (unpaired) electrons. The smallest absolute Gasteiger partial charge is 0.151 e. The quantitative estimate of drug-likeness (QED) is 0.784. The normalized spacial score (nSPS) is 20.4. The van der Waals surface area contributed by atoms with E-state index in [9.17, 15) is 4.79 Å². The van der Waals surface area contributed by atoms with Crippen LogP contribution in [0.4, 0.5) is 5.69 Å². The second kappa shape index (κ2) is 5.78. The lowest BCUT2D eigenvalue weighted by molar-refractivity contribution is 0.112. The summed E-state index contributed by atoms with van der Waals surface area (Å²) < 4.78 is 0. The number of carbonyl (C=O) groups excluding carboxylic acids is 1. The summed E-state index contributed by atoms with van der Waals surface area (Å²) in [6.45, 7) is 4.35. The number of benzene rings is 1. The highest BCUT2D eigenvalue weighted by atomic mass is 35.5. The molecule has 1 saturated heterocycles. The Kier molecular flexibility index (Phi) is 4.35. The van der Waals surface area contributed by atoms with Crippen LogP contribution in [0.3, 0.4) is 0 Å². The Hall–Kier alpha value is -0.670. The minimum atomic E-state index is 0.545. The molecule has 0 N–H and O–H groups in total. The van der Waals surface area contributed by atoms with Gasteiger partial charge in [-0.05, 0) is 24.6 Å². The van der Waals surface area contributed by atoms with Gasteiger partial charge in [0, 0.05) is 35.3 Å². The molecular weight excluding hydrogens is 254 g/mol. The van der Waals surface area contributed by atoms with Gasteiger partial charge >= 0.3 is 0 Å². The molecule has 2 rings (SSSR count). The minimum Gasteiger partial charge on any atom is -0.370 e. The van der Waals surface area contributed by atoms with Crippen molar-refractivity contribution in [3.63, 3.8) is 0 Å². The summed E-state index contributed by atoms with van der Waals surface area (Å²) in [6, 6.07) is 5.68. The van der Waals surface area contributed by atoms with E-state index < -0.39 is 0 Å². The van der Waals surface area contributed by atoms with Crippen molar-refractivity contribution >= 4 is 35.3 Å². The lowest BCUT2D eigenvalue weighted by Crippen LogP contribution is -2.37. The molecule has 0 amide bonds. The zero-order chi connectivity index (χ0) is 12.3. The van der Waals surface area contributed by atoms with E-state index in [1.165, 1.54) is 6.42 Å². The number of carbonyl (C=O) groups is 1. The van der Waals surface area contributed by atoms with Crippen molar-refractivity contribution in [3.8, 4) is 0 Å². The van der Waals surface area contributed by atoms with Crippen LogP contribution in [0.15, 0.2) is 18.2 Å². The first-order valence-electron chi connectivity index (χ1n) is 5.86. The number of halogens is 1. The topological polar surface area (TPSA) is 20.3 Å². The Labute approximate surface area is 111 Å². The highest BCUT2D eigenvalue weighted by Crippen LogP contribution is 2.28. The summed E-state index contributed by atoms with van der Waals surface area (Å²) in [6.07, 6.45) is 1.99. The van der Waals surface area contributed by atoms with Crippen LogP contribution in [0.2, 0.25) is 5.02 Å². The Morgan fingerprint density at radius 1 is 1.59 bits per heavy atom. The standard InChI is InChI=1S/C13H16ClNOS/c1-2-12-8-15(5-6-17-12)11-4-3-10(9-16)13(14)7-11/h3-4,7,9,12H,2,5-6,8H2,1H3. The van der Waals surface area contributed by atoms with E-state index in [1.807, 2.05) is 23.9 Å². The summed E-state index contributed by atoms with van der Waals surface area (Å²) in [5.74, 6) is 1.16. The first kappa shape index (κ1) is 12.8. The van der Waals surface area contributed by atoms with Crippen LogP contribution in [0.1, 0.15) is 23.7 Å². The maximum absolute atomic E-state index is 10.7. The average Bonchev–Trinajstić information content (AvgIpc) is 2.38. The molecule has 1 aromatic carbocycles. The van der Waals surface area contributed by atoms with Gasteiger partial charge in [-0.25, -0.2) is 0 Å². The minimum absolute atomic E-state index is 0.545. The fraction of sp³-hybridized carbons (Fsp3) is 0.462. The highest BCUT2D eigenvalue weighted by molar-refractivity contribution is 8.00. The van der Waals surface area contributed by atoms with Crippen molar-refractivity contribution < 1.29 is 4.79 Å². The highest BCUT2D eigenvalue weighted by Gasteiger charge is 2.19. The molecule has 0 aromatic heterocycles. The van der Waals surface area contributed by atoms with E-state index in [4.69, 9.17) is 11.6 Å². The van der Waals surface area contributed by atoms with E-state index >= 15 is 0 Å². The van der Waals surface area contributed by atoms with Crippen molar-refractivity contribution in [2.45, 2.75) is 18.6 Å². The Balaban J connectivity index is 2.16. The molecule has 0 saturated carbocycles. The predicted molar refractivity (Wildman–Crippen MR) is 75.6 cm³/mol. The number of rotatable bonds is 3. The molecule has 17 heavy (non-hydrogen) atoms. The molecule has 0 bridgehead atoms. The molecule has 1 aliphatic rings. The van der Waals surface area contributed by atoms with Gasteiger partial charge in [-0.1, -0.05) is 18.5 Å². The van der Waals surface area contributed by atoms with Crippen molar-refractivity contribution in [3.05, 3.63) is 28.8 Å². The van der Waals surface area contributed by atoms with Crippen LogP contribution >= 0.6 is 23.4 Å². The molecule has 4 heteroatoms. The Bertz CT molecular complexity index is 410. The van der Waals surface area contributed by atoms with Crippen LogP contribution in [0, 0.1) is 0 Å². The van der Waals surface area contributed by atoms with Crippen LogP contribution < -0.4 is 4.90 Å². The molecule has 0 spiro atoms. The van der Waals surface area contributed by atoms with Gasteiger partial charge in [0.05, 0.1) is 5.02 Å². The van der Waals surface area contributed by atoms with Gasteiger partial charge in [0.2, 0.25) is 0 Å². The molecule has 1 atom stereocenters. The fourth-order valence-corrected chi connectivity index (χ4v) is 3.41. The number of hydrogen-bond donors (Lipinski definition) is 0. The Morgan fingerprint density at radius 2 is 2.41 bits per heavy atom. The molecule has 1 heterocycles. The largest absolute Gasteiger partial charge is 0.370 e. The number of anilines is 1. The van der Waals surface area contributed by atoms with Gasteiger partial charge in [0.15, 0.2) is 6.29 Å². The average molecular weight is 270 g/mol. The zero-order valence-electron chi connectivity index (χ0n) is 9.86. The van der Waals surface area contributed by atoms with E-state index in [0.29, 0.717) is 15.8 Å². The molecule has 0 aliphatic carbocycles. The van der Waals surface area contributed by atoms with Crippen molar-refractivity contribution in [1.29, 1.82) is 0 Å². The lowest BCUT2D eigenvalue weighted by Gasteiger charge is -2.33. The van der Waals surface area contributed by atoms with Crippen LogP contribution in [0.5, 0.6) is 0 Å². The first-order chi connectivity index (χ1) is 8.24. The molecule has 92 valence electrons. The SMILES string of the molecule is CCC1CN(c2ccc(C=O)c(Cl)c2)CCS1. The van der Waals surface area contributed by atoms with Gasteiger partial charge < -0.3 is 4.90 Å². The molecule has 1 fully saturated rings. The van der Waals surface area contributed by atoms with Gasteiger partial charge in [-0.15, -0.1) is 0 Å². The van der Waals surface area contributed by atoms with E-state index in [0.717, 1.165) is 30.8 Å². The maximum atomic E-state index is 10.7. The summed E-state index contributed by atoms with van der Waals surface area (Å²) in [4.78, 5) is 13.1. The molecule has 1 aliphatic heterocycles. The molecule has 1 unspecified atom stereocenters. The Morgan fingerprint density at radius 3 is 3.06 bits per heavy atom. The fourth-order valence-electron chi connectivity index (χ4n) is 2.01. The predicted octanol–water partition coefficient (Wildman–Crippen LogP) is 3.48. The monoisotopic (exact) mass is 269 g/mol. The summed E-state index contributed by atoms with van der Waals surface area (Å²) in [7, 11) is 0. The third kappa shape index (κ3) is 2.96. The van der Waals surface area contributed by atoms with Crippen LogP contribution in [-0.4, -0.2) is 30.4 Å². The van der Waals surface area contributed by atoms with Gasteiger partial charge in [-0.3, -0.25) is 4.79 Å². The van der Waals surface area contributed by atoms with E-state index in [1.54, 1.807) is 6.07 Å². The summed E-state index contributed by atoms with van der Waals surface area (Å²) in [5, 5.41) is 1.25. The number of nitrogens with zero attached hydrogens (tertiary/aromatic N) is 1. The van der Waals surface area contributed by atoms with Gasteiger partial charge in [0.25, 0.3) is 0 Å². The molecular formula is C13H16ClNOS. The van der Waals surface area contributed by atoms with Crippen molar-refractivity contribution in [1.82, 2.24) is 0 Å². The van der Waals surface area contributed by atoms with Crippen molar-refractivity contribution in [2.24, 2.45) is 0 Å². The third-order valence-corrected chi connectivity index (χ3v) is 4.77. The van der Waals surface area contributed by atoms with E-state index in [-0.39, 0.29) is 0 Å². The van der Waals surface area contributed by atoms with Gasteiger partial charge in [-0.2, -0.15) is 11.8 Å². The summed E-state index contributed by atoms with van der Waals surface area (Å²) >= 11 is 8.10. The number of hydrogen-bond acceptors (Lipinski definition) is 3. The second-order valence-corrected chi connectivity index (χ2v) is 5.99. The molecule has 1 aromatic rings. The van der Waals surface area contributed by atoms with Gasteiger partial charge in [0.1, 0.15) is 0 Å².